The molecular weight excluding hydrogens is 443 g/mol. The zero-order valence-corrected chi connectivity index (χ0v) is 19.5. The predicted octanol–water partition coefficient (Wildman–Crippen LogP) is 4.66. The van der Waals surface area contributed by atoms with Crippen LogP contribution in [0.3, 0.4) is 0 Å². The van der Waals surface area contributed by atoms with Gasteiger partial charge in [-0.3, -0.25) is 13.9 Å². The number of benzene rings is 3. The average Bonchev–Trinajstić information content (AvgIpc) is 3.23. The van der Waals surface area contributed by atoms with Gasteiger partial charge in [-0.15, -0.1) is 0 Å². The standard InChI is InChI=1S/C28H23FN4O2/c1-16-10-4-5-11-17(16)24-22-25(31(2)28(35)32(3)27(22)34)26-23(18-12-6-7-13-19(18)29)30-20-14-8-9-15-21(20)33(24)26/h4-15,23,30H,1-3H3. The second-order valence-electron chi connectivity index (χ2n) is 8.93. The molecule has 1 aliphatic heterocycles. The molecule has 0 radical (unpaired) electrons. The van der Waals surface area contributed by atoms with Gasteiger partial charge < -0.3 is 9.88 Å². The van der Waals surface area contributed by atoms with Crippen molar-refractivity contribution in [2.24, 2.45) is 14.1 Å². The Morgan fingerprint density at radius 3 is 2.31 bits per heavy atom. The third-order valence-electron chi connectivity index (χ3n) is 6.94. The third kappa shape index (κ3) is 2.87. The van der Waals surface area contributed by atoms with Gasteiger partial charge in [0.15, 0.2) is 0 Å². The molecule has 0 saturated carbocycles. The monoisotopic (exact) mass is 466 g/mol. The van der Waals surface area contributed by atoms with Crippen molar-refractivity contribution in [2.45, 2.75) is 13.0 Å². The van der Waals surface area contributed by atoms with Crippen molar-refractivity contribution >= 4 is 16.6 Å². The summed E-state index contributed by atoms with van der Waals surface area (Å²) in [7, 11) is 3.15. The molecule has 0 bridgehead atoms. The summed E-state index contributed by atoms with van der Waals surface area (Å²) in [4.78, 5) is 26.8. The number of nitrogens with one attached hydrogen (secondary N) is 1. The average molecular weight is 467 g/mol. The Labute approximate surface area is 200 Å². The van der Waals surface area contributed by atoms with Crippen LogP contribution in [0.2, 0.25) is 0 Å². The van der Waals surface area contributed by atoms with E-state index in [4.69, 9.17) is 0 Å². The number of rotatable bonds is 2. The normalized spacial score (nSPS) is 14.5. The molecule has 0 saturated heterocycles. The van der Waals surface area contributed by atoms with Crippen molar-refractivity contribution in [3.05, 3.63) is 116 Å². The molecule has 0 amide bonds. The third-order valence-corrected chi connectivity index (χ3v) is 6.94. The van der Waals surface area contributed by atoms with Gasteiger partial charge in [0, 0.05) is 25.2 Å². The van der Waals surface area contributed by atoms with Crippen LogP contribution < -0.4 is 16.6 Å². The lowest BCUT2D eigenvalue weighted by molar-refractivity contribution is 0.599. The number of halogens is 1. The van der Waals surface area contributed by atoms with E-state index in [1.54, 1.807) is 25.2 Å². The topological polar surface area (TPSA) is 61.0 Å². The minimum absolute atomic E-state index is 0.364. The lowest BCUT2D eigenvalue weighted by Crippen LogP contribution is -2.37. The lowest BCUT2D eigenvalue weighted by Gasteiger charge is -2.31. The number of hydrogen-bond donors (Lipinski definition) is 1. The minimum atomic E-state index is -0.621. The first-order chi connectivity index (χ1) is 16.9. The fourth-order valence-electron chi connectivity index (χ4n) is 5.25. The van der Waals surface area contributed by atoms with Gasteiger partial charge in [-0.25, -0.2) is 9.18 Å². The van der Waals surface area contributed by atoms with E-state index < -0.39 is 11.7 Å². The zero-order valence-electron chi connectivity index (χ0n) is 19.5. The summed E-state index contributed by atoms with van der Waals surface area (Å²) >= 11 is 0. The molecule has 6 nitrogen and oxygen atoms in total. The second-order valence-corrected chi connectivity index (χ2v) is 8.93. The van der Waals surface area contributed by atoms with Crippen LogP contribution in [0, 0.1) is 12.7 Å². The number of aromatic nitrogens is 3. The van der Waals surface area contributed by atoms with Crippen LogP contribution in [0.1, 0.15) is 22.9 Å². The molecule has 174 valence electrons. The summed E-state index contributed by atoms with van der Waals surface area (Å²) in [5.74, 6) is -0.364. The first-order valence-corrected chi connectivity index (χ1v) is 11.4. The molecule has 1 atom stereocenters. The second kappa shape index (κ2) is 7.56. The smallest absolute Gasteiger partial charge is 0.331 e. The molecule has 35 heavy (non-hydrogen) atoms. The molecule has 5 aromatic rings. The van der Waals surface area contributed by atoms with E-state index >= 15 is 4.39 Å². The van der Waals surface area contributed by atoms with Crippen molar-refractivity contribution in [3.8, 4) is 16.9 Å². The van der Waals surface area contributed by atoms with E-state index in [0.717, 1.165) is 27.1 Å². The fourth-order valence-corrected chi connectivity index (χ4v) is 5.25. The predicted molar refractivity (Wildman–Crippen MR) is 136 cm³/mol. The quantitative estimate of drug-likeness (QED) is 0.412. The largest absolute Gasteiger partial charge is 0.371 e. The Morgan fingerprint density at radius 1 is 0.857 bits per heavy atom. The maximum Gasteiger partial charge on any atom is 0.331 e. The Bertz CT molecular complexity index is 1780. The number of nitrogens with zero attached hydrogens (tertiary/aromatic N) is 3. The molecule has 1 unspecified atom stereocenters. The van der Waals surface area contributed by atoms with Crippen molar-refractivity contribution in [1.82, 2.24) is 13.7 Å². The van der Waals surface area contributed by atoms with E-state index in [2.05, 4.69) is 5.32 Å². The number of anilines is 1. The van der Waals surface area contributed by atoms with Crippen LogP contribution in [0.4, 0.5) is 10.1 Å². The molecule has 2 aromatic heterocycles. The Balaban J connectivity index is 1.90. The summed E-state index contributed by atoms with van der Waals surface area (Å²) in [6.07, 6.45) is 0. The molecule has 3 aromatic carbocycles. The number of para-hydroxylation sites is 2. The number of aryl methyl sites for hydroxylation is 2. The SMILES string of the molecule is Cc1ccccc1-c1c2c(=O)n(C)c(=O)n(C)c2c2n1-c1ccccc1NC2c1ccccc1F. The van der Waals surface area contributed by atoms with Crippen molar-refractivity contribution in [1.29, 1.82) is 0 Å². The highest BCUT2D eigenvalue weighted by atomic mass is 19.1. The molecule has 0 spiro atoms. The maximum absolute atomic E-state index is 15.2. The van der Waals surface area contributed by atoms with Crippen molar-refractivity contribution < 1.29 is 4.39 Å². The van der Waals surface area contributed by atoms with Crippen LogP contribution in [-0.4, -0.2) is 13.7 Å². The zero-order chi connectivity index (χ0) is 24.4. The van der Waals surface area contributed by atoms with Crippen molar-refractivity contribution in [3.63, 3.8) is 0 Å². The summed E-state index contributed by atoms with van der Waals surface area (Å²) < 4.78 is 19.8. The highest BCUT2D eigenvalue weighted by molar-refractivity contribution is 5.99. The van der Waals surface area contributed by atoms with E-state index in [0.29, 0.717) is 27.9 Å². The molecule has 7 heteroatoms. The molecule has 0 fully saturated rings. The van der Waals surface area contributed by atoms with E-state index in [-0.39, 0.29) is 11.4 Å². The van der Waals surface area contributed by atoms with Crippen LogP contribution >= 0.6 is 0 Å². The molecule has 3 heterocycles. The first-order valence-electron chi connectivity index (χ1n) is 11.4. The summed E-state index contributed by atoms with van der Waals surface area (Å²) in [5.41, 5.74) is 4.97. The van der Waals surface area contributed by atoms with Gasteiger partial charge in [-0.1, -0.05) is 54.6 Å². The van der Waals surface area contributed by atoms with Gasteiger partial charge in [0.1, 0.15) is 5.82 Å². The Morgan fingerprint density at radius 2 is 1.54 bits per heavy atom. The van der Waals surface area contributed by atoms with E-state index in [1.165, 1.54) is 17.7 Å². The molecule has 1 aliphatic rings. The highest BCUT2D eigenvalue weighted by Crippen LogP contribution is 2.46. The van der Waals surface area contributed by atoms with Gasteiger partial charge in [0.25, 0.3) is 5.56 Å². The van der Waals surface area contributed by atoms with Crippen molar-refractivity contribution in [2.75, 3.05) is 5.32 Å². The van der Waals surface area contributed by atoms with Gasteiger partial charge in [-0.2, -0.15) is 0 Å². The van der Waals surface area contributed by atoms with Gasteiger partial charge in [-0.05, 0) is 30.7 Å². The molecular formula is C28H23FN4O2. The van der Waals surface area contributed by atoms with Gasteiger partial charge >= 0.3 is 5.69 Å². The van der Waals surface area contributed by atoms with E-state index in [9.17, 15) is 9.59 Å². The van der Waals surface area contributed by atoms with Gasteiger partial charge in [0.2, 0.25) is 0 Å². The minimum Gasteiger partial charge on any atom is -0.371 e. The summed E-state index contributed by atoms with van der Waals surface area (Å²) in [6.45, 7) is 1.99. The molecule has 1 N–H and O–H groups in total. The van der Waals surface area contributed by atoms with Crippen LogP contribution in [0.5, 0.6) is 0 Å². The van der Waals surface area contributed by atoms with Crippen LogP contribution in [-0.2, 0) is 14.1 Å². The van der Waals surface area contributed by atoms with Crippen LogP contribution in [0.25, 0.3) is 27.8 Å². The molecule has 6 rings (SSSR count). The highest BCUT2D eigenvalue weighted by Gasteiger charge is 2.35. The Kier molecular flexibility index (Phi) is 4.57. The summed E-state index contributed by atoms with van der Waals surface area (Å²) in [5, 5.41) is 3.91. The Hall–Kier alpha value is -4.39. The maximum atomic E-state index is 15.2. The van der Waals surface area contributed by atoms with Gasteiger partial charge in [0.05, 0.1) is 39.7 Å². The van der Waals surface area contributed by atoms with Crippen LogP contribution in [0.15, 0.2) is 82.4 Å². The molecule has 0 aliphatic carbocycles. The number of hydrogen-bond acceptors (Lipinski definition) is 3. The lowest BCUT2D eigenvalue weighted by atomic mass is 9.99. The number of fused-ring (bicyclic) bond motifs is 5. The first kappa shape index (κ1) is 21.2. The summed E-state index contributed by atoms with van der Waals surface area (Å²) in [6, 6.07) is 21.6. The fraction of sp³-hybridized carbons (Fsp3) is 0.143. The van der Waals surface area contributed by atoms with E-state index in [1.807, 2.05) is 60.0 Å².